The molecule has 18 heavy (non-hydrogen) atoms. The molecule has 0 aliphatic carbocycles. The van der Waals surface area contributed by atoms with Crippen molar-refractivity contribution in [3.05, 3.63) is 51.2 Å². The van der Waals surface area contributed by atoms with Crippen LogP contribution in [0.5, 0.6) is 5.75 Å². The summed E-state index contributed by atoms with van der Waals surface area (Å²) in [7, 11) is 1.45. The Labute approximate surface area is 119 Å². The van der Waals surface area contributed by atoms with Gasteiger partial charge in [0.05, 0.1) is 17.2 Å². The first-order valence-electron chi connectivity index (χ1n) is 5.01. The number of hydrogen-bond acceptors (Lipinski definition) is 1. The molecule has 0 aliphatic heterocycles. The van der Waals surface area contributed by atoms with E-state index in [0.29, 0.717) is 31.9 Å². The van der Waals surface area contributed by atoms with Crippen molar-refractivity contribution in [3.63, 3.8) is 0 Å². The second kappa shape index (κ2) is 5.35. The molecular formula is C13H8Cl3FO. The van der Waals surface area contributed by atoms with Gasteiger partial charge in [-0.2, -0.15) is 0 Å². The molecule has 2 rings (SSSR count). The van der Waals surface area contributed by atoms with Crippen LogP contribution in [0.25, 0.3) is 11.1 Å². The largest absolute Gasteiger partial charge is 0.496 e. The van der Waals surface area contributed by atoms with Crippen LogP contribution in [0, 0.1) is 5.82 Å². The molecule has 0 atom stereocenters. The van der Waals surface area contributed by atoms with Crippen LogP contribution in [0.4, 0.5) is 4.39 Å². The monoisotopic (exact) mass is 304 g/mol. The Balaban J connectivity index is 2.69. The summed E-state index contributed by atoms with van der Waals surface area (Å²) < 4.78 is 18.3. The number of benzene rings is 2. The predicted molar refractivity (Wildman–Crippen MR) is 73.4 cm³/mol. The average molecular weight is 306 g/mol. The number of rotatable bonds is 2. The molecule has 0 heterocycles. The Bertz CT molecular complexity index is 576. The smallest absolute Gasteiger partial charge is 0.129 e. The summed E-state index contributed by atoms with van der Waals surface area (Å²) in [6, 6.07) is 7.31. The highest BCUT2D eigenvalue weighted by atomic mass is 35.5. The molecule has 0 amide bonds. The standard InChI is InChI=1S/C13H8Cl3FO/c1-18-12-6-8(17)2-3-9(12)13-10(15)4-7(14)5-11(13)16/h2-6H,1H3. The van der Waals surface area contributed by atoms with Crippen molar-refractivity contribution in [2.45, 2.75) is 0 Å². The summed E-state index contributed by atoms with van der Waals surface area (Å²) in [4.78, 5) is 0. The second-order valence-electron chi connectivity index (χ2n) is 3.59. The molecule has 0 fully saturated rings. The molecule has 0 radical (unpaired) electrons. The summed E-state index contributed by atoms with van der Waals surface area (Å²) in [5.74, 6) is -0.0297. The maximum Gasteiger partial charge on any atom is 0.129 e. The number of methoxy groups -OCH3 is 1. The third kappa shape index (κ3) is 2.56. The van der Waals surface area contributed by atoms with Crippen molar-refractivity contribution in [1.82, 2.24) is 0 Å². The van der Waals surface area contributed by atoms with Gasteiger partial charge in [0.1, 0.15) is 11.6 Å². The zero-order valence-corrected chi connectivity index (χ0v) is 11.6. The normalized spacial score (nSPS) is 10.5. The van der Waals surface area contributed by atoms with Gasteiger partial charge in [0.25, 0.3) is 0 Å². The van der Waals surface area contributed by atoms with Crippen LogP contribution in [0.2, 0.25) is 15.1 Å². The Kier molecular flexibility index (Phi) is 4.00. The van der Waals surface area contributed by atoms with Crippen LogP contribution in [0.3, 0.4) is 0 Å². The van der Waals surface area contributed by atoms with Crippen LogP contribution in [-0.2, 0) is 0 Å². The summed E-state index contributed by atoms with van der Waals surface area (Å²) in [6.07, 6.45) is 0. The van der Waals surface area contributed by atoms with Crippen LogP contribution in [0.1, 0.15) is 0 Å². The van der Waals surface area contributed by atoms with Crippen LogP contribution in [-0.4, -0.2) is 7.11 Å². The van der Waals surface area contributed by atoms with Gasteiger partial charge in [-0.1, -0.05) is 34.8 Å². The lowest BCUT2D eigenvalue weighted by molar-refractivity contribution is 0.413. The Hall–Kier alpha value is -0.960. The summed E-state index contributed by atoms with van der Waals surface area (Å²) in [6.45, 7) is 0. The average Bonchev–Trinajstić information content (AvgIpc) is 2.29. The first-order chi connectivity index (χ1) is 8.52. The fourth-order valence-corrected chi connectivity index (χ4v) is 2.69. The molecule has 0 aromatic heterocycles. The van der Waals surface area contributed by atoms with E-state index in [-0.39, 0.29) is 0 Å². The number of hydrogen-bond donors (Lipinski definition) is 0. The fourth-order valence-electron chi connectivity index (χ4n) is 1.67. The molecule has 2 aromatic rings. The highest BCUT2D eigenvalue weighted by molar-refractivity contribution is 6.41. The maximum absolute atomic E-state index is 13.1. The Morgan fingerprint density at radius 1 is 1.00 bits per heavy atom. The first-order valence-corrected chi connectivity index (χ1v) is 6.14. The second-order valence-corrected chi connectivity index (χ2v) is 4.84. The molecule has 0 bridgehead atoms. The van der Waals surface area contributed by atoms with E-state index in [0.717, 1.165) is 0 Å². The Morgan fingerprint density at radius 2 is 1.61 bits per heavy atom. The number of ether oxygens (including phenoxy) is 1. The molecule has 2 aromatic carbocycles. The SMILES string of the molecule is COc1cc(F)ccc1-c1c(Cl)cc(Cl)cc1Cl. The molecule has 0 saturated carbocycles. The molecular weight excluding hydrogens is 297 g/mol. The van der Waals surface area contributed by atoms with Crippen molar-refractivity contribution in [2.24, 2.45) is 0 Å². The third-order valence-electron chi connectivity index (χ3n) is 2.44. The zero-order chi connectivity index (χ0) is 13.3. The first kappa shape index (κ1) is 13.5. The topological polar surface area (TPSA) is 9.23 Å². The van der Waals surface area contributed by atoms with Gasteiger partial charge in [0.15, 0.2) is 0 Å². The van der Waals surface area contributed by atoms with Gasteiger partial charge in [-0.25, -0.2) is 4.39 Å². The van der Waals surface area contributed by atoms with Crippen LogP contribution >= 0.6 is 34.8 Å². The van der Waals surface area contributed by atoms with Gasteiger partial charge in [0, 0.05) is 22.2 Å². The molecule has 0 spiro atoms. The fraction of sp³-hybridized carbons (Fsp3) is 0.0769. The molecule has 1 nitrogen and oxygen atoms in total. The lowest BCUT2D eigenvalue weighted by Crippen LogP contribution is -1.91. The van der Waals surface area contributed by atoms with E-state index in [4.69, 9.17) is 39.5 Å². The summed E-state index contributed by atoms with van der Waals surface area (Å²) in [5, 5.41) is 1.21. The van der Waals surface area contributed by atoms with Crippen molar-refractivity contribution in [2.75, 3.05) is 7.11 Å². The van der Waals surface area contributed by atoms with E-state index in [1.54, 1.807) is 18.2 Å². The molecule has 0 saturated heterocycles. The van der Waals surface area contributed by atoms with Gasteiger partial charge in [-0.3, -0.25) is 0 Å². The summed E-state index contributed by atoms with van der Waals surface area (Å²) in [5.41, 5.74) is 1.19. The molecule has 94 valence electrons. The maximum atomic E-state index is 13.1. The van der Waals surface area contributed by atoms with E-state index in [2.05, 4.69) is 0 Å². The van der Waals surface area contributed by atoms with E-state index >= 15 is 0 Å². The van der Waals surface area contributed by atoms with Crippen molar-refractivity contribution in [3.8, 4) is 16.9 Å². The van der Waals surface area contributed by atoms with Gasteiger partial charge in [-0.05, 0) is 24.3 Å². The van der Waals surface area contributed by atoms with Crippen LogP contribution < -0.4 is 4.74 Å². The predicted octanol–water partition coefficient (Wildman–Crippen LogP) is 5.46. The highest BCUT2D eigenvalue weighted by Gasteiger charge is 2.15. The lowest BCUT2D eigenvalue weighted by Gasteiger charge is -2.12. The minimum absolute atomic E-state index is 0.362. The van der Waals surface area contributed by atoms with Crippen molar-refractivity contribution >= 4 is 34.8 Å². The van der Waals surface area contributed by atoms with Gasteiger partial charge < -0.3 is 4.74 Å². The zero-order valence-electron chi connectivity index (χ0n) is 9.31. The number of halogens is 4. The van der Waals surface area contributed by atoms with E-state index in [9.17, 15) is 4.39 Å². The highest BCUT2D eigenvalue weighted by Crippen LogP contribution is 2.41. The van der Waals surface area contributed by atoms with Crippen molar-refractivity contribution in [1.29, 1.82) is 0 Å². The third-order valence-corrected chi connectivity index (χ3v) is 3.25. The minimum atomic E-state index is -0.392. The van der Waals surface area contributed by atoms with Crippen LogP contribution in [0.15, 0.2) is 30.3 Å². The van der Waals surface area contributed by atoms with E-state index < -0.39 is 5.82 Å². The Morgan fingerprint density at radius 3 is 2.17 bits per heavy atom. The summed E-state index contributed by atoms with van der Waals surface area (Å²) >= 11 is 18.1. The quantitative estimate of drug-likeness (QED) is 0.715. The molecule has 0 unspecified atom stereocenters. The van der Waals surface area contributed by atoms with Crippen molar-refractivity contribution < 1.29 is 9.13 Å². The molecule has 0 aliphatic rings. The van der Waals surface area contributed by atoms with E-state index in [1.165, 1.54) is 19.2 Å². The lowest BCUT2D eigenvalue weighted by atomic mass is 10.0. The van der Waals surface area contributed by atoms with Gasteiger partial charge in [0.2, 0.25) is 0 Å². The minimum Gasteiger partial charge on any atom is -0.496 e. The molecule has 0 N–H and O–H groups in total. The molecule has 5 heteroatoms. The van der Waals surface area contributed by atoms with Gasteiger partial charge >= 0.3 is 0 Å². The van der Waals surface area contributed by atoms with Gasteiger partial charge in [-0.15, -0.1) is 0 Å². The van der Waals surface area contributed by atoms with E-state index in [1.807, 2.05) is 0 Å².